The van der Waals surface area contributed by atoms with Crippen molar-refractivity contribution in [1.82, 2.24) is 15.0 Å². The fourth-order valence-electron chi connectivity index (χ4n) is 7.54. The number of aromatic nitrogens is 3. The predicted molar refractivity (Wildman–Crippen MR) is 217 cm³/mol. The van der Waals surface area contributed by atoms with E-state index in [0.717, 1.165) is 33.4 Å². The fraction of sp³-hybridized carbons (Fsp3) is 0. The summed E-state index contributed by atoms with van der Waals surface area (Å²) < 4.78 is 0. The molecule has 0 saturated heterocycles. The normalized spacial score (nSPS) is 11.5. The van der Waals surface area contributed by atoms with Crippen LogP contribution in [0, 0.1) is 0 Å². The minimum atomic E-state index is 0.641. The lowest BCUT2D eigenvalue weighted by molar-refractivity contribution is 1.07. The molecule has 0 fully saturated rings. The molecule has 3 heteroatoms. The Bertz CT molecular complexity index is 2930. The molecule has 1 heterocycles. The third-order valence-corrected chi connectivity index (χ3v) is 10.1. The van der Waals surface area contributed by atoms with Crippen LogP contribution < -0.4 is 0 Å². The Morgan fingerprint density at radius 3 is 1.52 bits per heavy atom. The summed E-state index contributed by atoms with van der Waals surface area (Å²) in [5, 5.41) is 10.1. The molecule has 0 aliphatic heterocycles. The molecule has 3 nitrogen and oxygen atoms in total. The van der Waals surface area contributed by atoms with Crippen molar-refractivity contribution in [3.8, 4) is 56.4 Å². The Morgan fingerprint density at radius 1 is 0.250 bits per heavy atom. The van der Waals surface area contributed by atoms with Crippen LogP contribution in [0.1, 0.15) is 0 Å². The van der Waals surface area contributed by atoms with E-state index in [1.54, 1.807) is 0 Å². The van der Waals surface area contributed by atoms with Gasteiger partial charge in [-0.15, -0.1) is 0 Å². The summed E-state index contributed by atoms with van der Waals surface area (Å²) >= 11 is 0. The quantitative estimate of drug-likeness (QED) is 0.172. The van der Waals surface area contributed by atoms with Crippen LogP contribution in [0.2, 0.25) is 0 Å². The van der Waals surface area contributed by atoms with Crippen LogP contribution in [0.5, 0.6) is 0 Å². The van der Waals surface area contributed by atoms with E-state index in [0.29, 0.717) is 17.5 Å². The number of nitrogens with zero attached hydrogens (tertiary/aromatic N) is 3. The van der Waals surface area contributed by atoms with Crippen molar-refractivity contribution in [2.24, 2.45) is 0 Å². The standard InChI is InChI=1S/C49H31N3/c1-3-12-32(13-4-1)37-18-11-19-39(30-37)49-51-47(35-15-5-2-6-16-35)50-48(52-49)36-24-22-34(23-25-36)45-31-38-17-8-10-21-41(38)46-43-27-26-33-14-7-9-20-40(33)42(43)28-29-44(45)46/h1-31H. The molecule has 10 rings (SSSR count). The van der Waals surface area contributed by atoms with E-state index in [1.807, 2.05) is 36.4 Å². The number of rotatable bonds is 5. The van der Waals surface area contributed by atoms with Crippen LogP contribution in [-0.2, 0) is 0 Å². The van der Waals surface area contributed by atoms with E-state index < -0.39 is 0 Å². The Hall–Kier alpha value is -6.97. The number of hydrogen-bond acceptors (Lipinski definition) is 3. The molecule has 242 valence electrons. The summed E-state index contributed by atoms with van der Waals surface area (Å²) in [6.07, 6.45) is 0. The van der Waals surface area contributed by atoms with Crippen LogP contribution in [0.4, 0.5) is 0 Å². The van der Waals surface area contributed by atoms with Gasteiger partial charge in [-0.05, 0) is 77.5 Å². The Kier molecular flexibility index (Phi) is 7.14. The summed E-state index contributed by atoms with van der Waals surface area (Å²) in [6.45, 7) is 0. The van der Waals surface area contributed by atoms with Gasteiger partial charge in [0.15, 0.2) is 17.5 Å². The van der Waals surface area contributed by atoms with Gasteiger partial charge < -0.3 is 0 Å². The highest BCUT2D eigenvalue weighted by atomic mass is 15.0. The first-order valence-corrected chi connectivity index (χ1v) is 17.6. The zero-order valence-electron chi connectivity index (χ0n) is 28.2. The maximum Gasteiger partial charge on any atom is 0.164 e. The summed E-state index contributed by atoms with van der Waals surface area (Å²) in [5.74, 6) is 1.93. The van der Waals surface area contributed by atoms with Gasteiger partial charge in [0.1, 0.15) is 0 Å². The van der Waals surface area contributed by atoms with Crippen LogP contribution >= 0.6 is 0 Å². The molecular formula is C49H31N3. The highest BCUT2D eigenvalue weighted by Gasteiger charge is 2.16. The molecule has 0 unspecified atom stereocenters. The molecule has 0 saturated carbocycles. The number of fused-ring (bicyclic) bond motifs is 7. The molecule has 52 heavy (non-hydrogen) atoms. The van der Waals surface area contributed by atoms with Crippen LogP contribution in [0.15, 0.2) is 188 Å². The fourth-order valence-corrected chi connectivity index (χ4v) is 7.54. The first-order chi connectivity index (χ1) is 25.8. The van der Waals surface area contributed by atoms with Crippen molar-refractivity contribution >= 4 is 43.1 Å². The molecule has 0 spiro atoms. The summed E-state index contributed by atoms with van der Waals surface area (Å²) in [5.41, 5.74) is 7.45. The summed E-state index contributed by atoms with van der Waals surface area (Å²) in [4.78, 5) is 15.1. The molecule has 0 atom stereocenters. The topological polar surface area (TPSA) is 38.7 Å². The molecule has 0 radical (unpaired) electrons. The van der Waals surface area contributed by atoms with E-state index >= 15 is 0 Å². The second kappa shape index (κ2) is 12.4. The van der Waals surface area contributed by atoms with Crippen LogP contribution in [0.25, 0.3) is 99.5 Å². The Morgan fingerprint density at radius 2 is 0.769 bits per heavy atom. The first-order valence-electron chi connectivity index (χ1n) is 17.6. The zero-order chi connectivity index (χ0) is 34.4. The van der Waals surface area contributed by atoms with Gasteiger partial charge >= 0.3 is 0 Å². The Labute approximate surface area is 301 Å². The van der Waals surface area contributed by atoms with E-state index in [9.17, 15) is 0 Å². The van der Waals surface area contributed by atoms with Crippen LogP contribution in [-0.4, -0.2) is 15.0 Å². The molecule has 0 bridgehead atoms. The first kappa shape index (κ1) is 29.9. The maximum absolute atomic E-state index is 5.06. The van der Waals surface area contributed by atoms with Crippen molar-refractivity contribution < 1.29 is 0 Å². The largest absolute Gasteiger partial charge is 0.208 e. The molecular weight excluding hydrogens is 631 g/mol. The highest BCUT2D eigenvalue weighted by Crippen LogP contribution is 2.41. The third-order valence-electron chi connectivity index (χ3n) is 10.1. The van der Waals surface area contributed by atoms with Gasteiger partial charge in [-0.25, -0.2) is 15.0 Å². The lowest BCUT2D eigenvalue weighted by Gasteiger charge is -2.15. The molecule has 0 N–H and O–H groups in total. The summed E-state index contributed by atoms with van der Waals surface area (Å²) in [6, 6.07) is 66.5. The third kappa shape index (κ3) is 5.19. The monoisotopic (exact) mass is 661 g/mol. The van der Waals surface area contributed by atoms with Crippen LogP contribution in [0.3, 0.4) is 0 Å². The van der Waals surface area contributed by atoms with Gasteiger partial charge in [0.25, 0.3) is 0 Å². The van der Waals surface area contributed by atoms with Gasteiger partial charge in [0.2, 0.25) is 0 Å². The minimum Gasteiger partial charge on any atom is -0.208 e. The number of benzene rings is 9. The van der Waals surface area contributed by atoms with Crippen molar-refractivity contribution in [3.63, 3.8) is 0 Å². The molecule has 1 aromatic heterocycles. The average molecular weight is 662 g/mol. The SMILES string of the molecule is c1ccc(-c2cccc(-c3nc(-c4ccccc4)nc(-c4ccc(-c5cc6ccccc6c6c5ccc5c7ccccc7ccc56)cc4)n3)c2)cc1. The van der Waals surface area contributed by atoms with Gasteiger partial charge in [0, 0.05) is 16.7 Å². The maximum atomic E-state index is 5.06. The lowest BCUT2D eigenvalue weighted by atomic mass is 9.89. The second-order valence-corrected chi connectivity index (χ2v) is 13.2. The molecule has 10 aromatic rings. The minimum absolute atomic E-state index is 0.641. The smallest absolute Gasteiger partial charge is 0.164 e. The van der Waals surface area contributed by atoms with Gasteiger partial charge in [-0.1, -0.05) is 176 Å². The van der Waals surface area contributed by atoms with Crippen molar-refractivity contribution in [1.29, 1.82) is 0 Å². The van der Waals surface area contributed by atoms with Crippen molar-refractivity contribution in [2.45, 2.75) is 0 Å². The molecule has 0 aliphatic carbocycles. The lowest BCUT2D eigenvalue weighted by Crippen LogP contribution is -2.00. The highest BCUT2D eigenvalue weighted by molar-refractivity contribution is 6.27. The second-order valence-electron chi connectivity index (χ2n) is 13.2. The van der Waals surface area contributed by atoms with E-state index in [1.165, 1.54) is 48.7 Å². The molecule has 0 aliphatic rings. The zero-order valence-corrected chi connectivity index (χ0v) is 28.2. The molecule has 0 amide bonds. The Balaban J connectivity index is 1.11. The van der Waals surface area contributed by atoms with Gasteiger partial charge in [0.05, 0.1) is 0 Å². The van der Waals surface area contributed by atoms with Crippen molar-refractivity contribution in [3.05, 3.63) is 188 Å². The van der Waals surface area contributed by atoms with E-state index in [2.05, 4.69) is 152 Å². The predicted octanol–water partition coefficient (Wildman–Crippen LogP) is 12.8. The van der Waals surface area contributed by atoms with Gasteiger partial charge in [-0.2, -0.15) is 0 Å². The number of hydrogen-bond donors (Lipinski definition) is 0. The molecule has 9 aromatic carbocycles. The van der Waals surface area contributed by atoms with Crippen molar-refractivity contribution in [2.75, 3.05) is 0 Å². The van der Waals surface area contributed by atoms with E-state index in [4.69, 9.17) is 15.0 Å². The van der Waals surface area contributed by atoms with Gasteiger partial charge in [-0.3, -0.25) is 0 Å². The average Bonchev–Trinajstić information content (AvgIpc) is 3.23. The van der Waals surface area contributed by atoms with E-state index in [-0.39, 0.29) is 0 Å². The summed E-state index contributed by atoms with van der Waals surface area (Å²) in [7, 11) is 0.